The van der Waals surface area contributed by atoms with Crippen LogP contribution in [0.1, 0.15) is 6.42 Å². The van der Waals surface area contributed by atoms with Gasteiger partial charge >= 0.3 is 17.9 Å². The molecule has 0 amide bonds. The first-order chi connectivity index (χ1) is 9.58. The van der Waals surface area contributed by atoms with E-state index in [-0.39, 0.29) is 0 Å². The smallest absolute Gasteiger partial charge is 0.338 e. The highest BCUT2D eigenvalue weighted by atomic mass is 16.4. The van der Waals surface area contributed by atoms with Gasteiger partial charge in [0.1, 0.15) is 6.04 Å². The van der Waals surface area contributed by atoms with Crippen molar-refractivity contribution in [1.29, 1.82) is 0 Å². The van der Waals surface area contributed by atoms with Gasteiger partial charge in [-0.15, -0.1) is 0 Å². The highest BCUT2D eigenvalue weighted by Gasteiger charge is 2.52. The minimum Gasteiger partial charge on any atom is -0.481 e. The molecule has 0 aromatic rings. The third kappa shape index (κ3) is 4.34. The molecular formula is C10H17NO10. The topological polar surface area (TPSA) is 205 Å². The molecule has 0 fully saturated rings. The van der Waals surface area contributed by atoms with E-state index in [1.54, 1.807) is 0 Å². The van der Waals surface area contributed by atoms with Crippen LogP contribution in [0.4, 0.5) is 0 Å². The molecule has 0 saturated carbocycles. The lowest BCUT2D eigenvalue weighted by molar-refractivity contribution is -0.176. The number of nitrogens with one attached hydrogen (secondary N) is 1. The normalized spacial score (nSPS) is 16.0. The Morgan fingerprint density at radius 2 is 1.38 bits per heavy atom. The Morgan fingerprint density at radius 1 is 0.952 bits per heavy atom. The highest BCUT2D eigenvalue weighted by Crippen LogP contribution is 2.20. The van der Waals surface area contributed by atoms with Crippen molar-refractivity contribution in [2.24, 2.45) is 0 Å². The largest absolute Gasteiger partial charge is 0.481 e. The molecule has 0 heterocycles. The zero-order valence-electron chi connectivity index (χ0n) is 10.8. The summed E-state index contributed by atoms with van der Waals surface area (Å²) in [5.41, 5.74) is -5.28. The van der Waals surface area contributed by atoms with Crippen molar-refractivity contribution in [2.45, 2.75) is 23.6 Å². The van der Waals surface area contributed by atoms with Crippen LogP contribution in [0.3, 0.4) is 0 Å². The third-order valence-corrected chi connectivity index (χ3v) is 2.87. The Morgan fingerprint density at radius 3 is 1.62 bits per heavy atom. The number of carbonyl (C=O) groups is 3. The molecule has 0 spiro atoms. The molecule has 0 aromatic heterocycles. The second-order valence-electron chi connectivity index (χ2n) is 4.47. The van der Waals surface area contributed by atoms with Crippen LogP contribution < -0.4 is 5.32 Å². The van der Waals surface area contributed by atoms with Crippen molar-refractivity contribution in [3.8, 4) is 0 Å². The van der Waals surface area contributed by atoms with Crippen LogP contribution in [0.5, 0.6) is 0 Å². The lowest BCUT2D eigenvalue weighted by Gasteiger charge is -2.37. The van der Waals surface area contributed by atoms with Crippen LogP contribution in [0.15, 0.2) is 0 Å². The van der Waals surface area contributed by atoms with Crippen LogP contribution in [0.25, 0.3) is 0 Å². The predicted molar refractivity (Wildman–Crippen MR) is 63.4 cm³/mol. The van der Waals surface area contributed by atoms with Gasteiger partial charge in [0.15, 0.2) is 5.60 Å². The molecule has 0 saturated heterocycles. The maximum Gasteiger partial charge on any atom is 0.338 e. The second-order valence-corrected chi connectivity index (χ2v) is 4.47. The molecule has 11 heteroatoms. The van der Waals surface area contributed by atoms with Gasteiger partial charge in [-0.05, 0) is 0 Å². The molecule has 0 aliphatic rings. The molecule has 8 N–H and O–H groups in total. The monoisotopic (exact) mass is 311 g/mol. The summed E-state index contributed by atoms with van der Waals surface area (Å²) in [4.78, 5) is 32.8. The lowest BCUT2D eigenvalue weighted by Crippen LogP contribution is -2.69. The summed E-state index contributed by atoms with van der Waals surface area (Å²) in [5.74, 6) is -5.86. The third-order valence-electron chi connectivity index (χ3n) is 2.87. The van der Waals surface area contributed by atoms with Gasteiger partial charge in [0, 0.05) is 0 Å². The van der Waals surface area contributed by atoms with Crippen molar-refractivity contribution < 1.29 is 50.1 Å². The van der Waals surface area contributed by atoms with E-state index in [0.717, 1.165) is 0 Å². The SMILES string of the molecule is O=C(O)CC(O)(C(=O)O)C(NC(CO)(CO)CO)C(=O)O. The van der Waals surface area contributed by atoms with E-state index in [0.29, 0.717) is 0 Å². The summed E-state index contributed by atoms with van der Waals surface area (Å²) in [5, 5.41) is 65.5. The number of aliphatic hydroxyl groups is 4. The minimum absolute atomic E-state index is 0.994. The summed E-state index contributed by atoms with van der Waals surface area (Å²) >= 11 is 0. The minimum atomic E-state index is -3.26. The van der Waals surface area contributed by atoms with Gasteiger partial charge in [-0.25, -0.2) is 4.79 Å². The first-order valence-corrected chi connectivity index (χ1v) is 5.59. The van der Waals surface area contributed by atoms with Crippen molar-refractivity contribution >= 4 is 17.9 Å². The van der Waals surface area contributed by atoms with Gasteiger partial charge < -0.3 is 35.7 Å². The number of rotatable bonds is 10. The summed E-state index contributed by atoms with van der Waals surface area (Å²) < 4.78 is 0. The Kier molecular flexibility index (Phi) is 6.66. The van der Waals surface area contributed by atoms with Gasteiger partial charge in [0.2, 0.25) is 0 Å². The van der Waals surface area contributed by atoms with Crippen molar-refractivity contribution in [1.82, 2.24) is 5.32 Å². The van der Waals surface area contributed by atoms with Crippen molar-refractivity contribution in [3.05, 3.63) is 0 Å². The Hall–Kier alpha value is -1.79. The summed E-state index contributed by atoms with van der Waals surface area (Å²) in [6, 6.07) is -2.41. The van der Waals surface area contributed by atoms with Crippen LogP contribution in [-0.2, 0) is 14.4 Å². The van der Waals surface area contributed by atoms with Gasteiger partial charge in [0.25, 0.3) is 0 Å². The Labute approximate surface area is 118 Å². The summed E-state index contributed by atoms with van der Waals surface area (Å²) in [7, 11) is 0. The molecule has 0 bridgehead atoms. The maximum atomic E-state index is 11.1. The zero-order valence-corrected chi connectivity index (χ0v) is 10.8. The second kappa shape index (κ2) is 7.28. The van der Waals surface area contributed by atoms with E-state index in [2.05, 4.69) is 0 Å². The van der Waals surface area contributed by atoms with Gasteiger partial charge in [-0.3, -0.25) is 14.9 Å². The molecular weight excluding hydrogens is 294 g/mol. The van der Waals surface area contributed by atoms with Crippen LogP contribution in [-0.4, -0.2) is 90.7 Å². The first-order valence-electron chi connectivity index (χ1n) is 5.59. The summed E-state index contributed by atoms with van der Waals surface area (Å²) in [6.07, 6.45) is -1.45. The van der Waals surface area contributed by atoms with Crippen molar-refractivity contribution in [2.75, 3.05) is 19.8 Å². The van der Waals surface area contributed by atoms with Gasteiger partial charge in [-0.2, -0.15) is 0 Å². The first kappa shape index (κ1) is 19.2. The average molecular weight is 311 g/mol. The maximum absolute atomic E-state index is 11.1. The molecule has 2 atom stereocenters. The van der Waals surface area contributed by atoms with Crippen LogP contribution >= 0.6 is 0 Å². The zero-order chi connectivity index (χ0) is 16.8. The van der Waals surface area contributed by atoms with E-state index in [1.165, 1.54) is 0 Å². The lowest BCUT2D eigenvalue weighted by atomic mass is 9.87. The molecule has 21 heavy (non-hydrogen) atoms. The molecule has 0 rings (SSSR count). The van der Waals surface area contributed by atoms with E-state index < -0.39 is 61.3 Å². The Balaban J connectivity index is 5.69. The number of carboxylic acids is 3. The van der Waals surface area contributed by atoms with Crippen LogP contribution in [0, 0.1) is 0 Å². The average Bonchev–Trinajstić information content (AvgIpc) is 2.39. The molecule has 0 aliphatic heterocycles. The molecule has 0 aromatic carbocycles. The Bertz CT molecular complexity index is 398. The molecule has 2 unspecified atom stereocenters. The van der Waals surface area contributed by atoms with Crippen molar-refractivity contribution in [3.63, 3.8) is 0 Å². The number of aliphatic carboxylic acids is 3. The van der Waals surface area contributed by atoms with E-state index in [1.807, 2.05) is 5.32 Å². The van der Waals surface area contributed by atoms with E-state index >= 15 is 0 Å². The van der Waals surface area contributed by atoms with Crippen LogP contribution in [0.2, 0.25) is 0 Å². The number of aliphatic hydroxyl groups excluding tert-OH is 3. The van der Waals surface area contributed by atoms with E-state index in [9.17, 15) is 19.5 Å². The number of carboxylic acid groups (broad SMARTS) is 3. The molecule has 0 aliphatic carbocycles. The van der Waals surface area contributed by atoms with Gasteiger partial charge in [0.05, 0.1) is 31.8 Å². The molecule has 122 valence electrons. The predicted octanol–water partition coefficient (Wildman–Crippen LogP) is -3.96. The van der Waals surface area contributed by atoms with Gasteiger partial charge in [-0.1, -0.05) is 0 Å². The molecule has 11 nitrogen and oxygen atoms in total. The fraction of sp³-hybridized carbons (Fsp3) is 0.700. The van der Waals surface area contributed by atoms with E-state index in [4.69, 9.17) is 30.6 Å². The summed E-state index contributed by atoms with van der Waals surface area (Å²) in [6.45, 7) is -2.98. The molecule has 0 radical (unpaired) electrons. The standard InChI is InChI=1S/C10H17NO10/c12-2-9(3-13,4-14)11-6(7(17)18)10(21,8(19)20)1-5(15)16/h6,11-14,21H,1-4H2,(H,15,16)(H,17,18)(H,19,20). The number of hydrogen-bond donors (Lipinski definition) is 8. The fourth-order valence-electron chi connectivity index (χ4n) is 1.51. The number of hydrogen-bond acceptors (Lipinski definition) is 8. The quantitative estimate of drug-likeness (QED) is 0.195. The highest BCUT2D eigenvalue weighted by molar-refractivity contribution is 5.91. The fourth-order valence-corrected chi connectivity index (χ4v) is 1.51.